The van der Waals surface area contributed by atoms with Gasteiger partial charge in [0.1, 0.15) is 10.8 Å². The minimum Gasteiger partial charge on any atom is -0.495 e. The number of halogens is 3. The summed E-state index contributed by atoms with van der Waals surface area (Å²) in [5.41, 5.74) is 0.971. The minimum absolute atomic E-state index is 0.0630. The average Bonchev–Trinajstić information content (AvgIpc) is 2.74. The zero-order valence-corrected chi connectivity index (χ0v) is 15.2. The molecule has 0 amide bonds. The summed E-state index contributed by atoms with van der Waals surface area (Å²) in [6.45, 7) is 3.89. The molecule has 0 aromatic heterocycles. The van der Waals surface area contributed by atoms with E-state index in [0.29, 0.717) is 39.2 Å². The fourth-order valence-corrected chi connectivity index (χ4v) is 3.78. The van der Waals surface area contributed by atoms with E-state index in [-0.39, 0.29) is 5.78 Å². The van der Waals surface area contributed by atoms with Crippen molar-refractivity contribution < 1.29 is 9.53 Å². The van der Waals surface area contributed by atoms with Crippen molar-refractivity contribution in [3.63, 3.8) is 0 Å². The third-order valence-electron chi connectivity index (χ3n) is 4.22. The van der Waals surface area contributed by atoms with E-state index < -0.39 is 5.41 Å². The molecule has 1 unspecified atom stereocenters. The molecule has 1 aliphatic rings. The van der Waals surface area contributed by atoms with Crippen LogP contribution in [-0.4, -0.2) is 12.9 Å². The van der Waals surface area contributed by atoms with Crippen LogP contribution in [0, 0.1) is 5.41 Å². The molecular formula is C17H19Cl3O2. The zero-order valence-electron chi connectivity index (χ0n) is 12.9. The fraction of sp³-hybridized carbons (Fsp3) is 0.471. The maximum Gasteiger partial charge on any atom is 0.171 e. The van der Waals surface area contributed by atoms with Crippen molar-refractivity contribution in [2.45, 2.75) is 39.5 Å². The van der Waals surface area contributed by atoms with Crippen molar-refractivity contribution in [2.75, 3.05) is 7.11 Å². The van der Waals surface area contributed by atoms with Crippen LogP contribution in [0.3, 0.4) is 0 Å². The van der Waals surface area contributed by atoms with Gasteiger partial charge in [0.25, 0.3) is 0 Å². The number of ether oxygens (including phenoxy) is 1. The van der Waals surface area contributed by atoms with Gasteiger partial charge in [-0.2, -0.15) is 0 Å². The number of methoxy groups -OCH3 is 1. The van der Waals surface area contributed by atoms with Gasteiger partial charge in [-0.3, -0.25) is 4.79 Å². The summed E-state index contributed by atoms with van der Waals surface area (Å²) in [4.78, 5) is 13.0. The third-order valence-corrected chi connectivity index (χ3v) is 5.22. The molecule has 0 N–H and O–H groups in total. The molecule has 0 saturated heterocycles. The highest BCUT2D eigenvalue weighted by Gasteiger charge is 2.45. The van der Waals surface area contributed by atoms with Gasteiger partial charge >= 0.3 is 0 Å². The molecule has 0 fully saturated rings. The zero-order chi connectivity index (χ0) is 16.5. The highest BCUT2D eigenvalue weighted by Crippen LogP contribution is 2.49. The number of Topliss-reactive ketones (excluding diaryl/α,β-unsaturated/α-hetero) is 1. The van der Waals surface area contributed by atoms with Crippen LogP contribution in [-0.2, 0) is 6.42 Å². The summed E-state index contributed by atoms with van der Waals surface area (Å²) >= 11 is 18.5. The highest BCUT2D eigenvalue weighted by atomic mass is 35.5. The van der Waals surface area contributed by atoms with E-state index in [4.69, 9.17) is 39.5 Å². The number of fused-ring (bicyclic) bond motifs is 1. The maximum absolute atomic E-state index is 13.0. The van der Waals surface area contributed by atoms with Crippen LogP contribution in [0.2, 0.25) is 10.0 Å². The average molecular weight is 362 g/mol. The molecule has 2 nitrogen and oxygen atoms in total. The molecule has 5 heteroatoms. The molecule has 2 rings (SSSR count). The summed E-state index contributed by atoms with van der Waals surface area (Å²) in [5, 5.41) is 1.29. The van der Waals surface area contributed by atoms with Crippen molar-refractivity contribution in [3.05, 3.63) is 38.3 Å². The molecule has 120 valence electrons. The maximum atomic E-state index is 13.0. The molecule has 0 saturated carbocycles. The SMILES string of the molecule is CCCC1(C/C=C(/C)Cl)Cc2cc(OC)c(Cl)c(Cl)c2C1=O. The van der Waals surface area contributed by atoms with Gasteiger partial charge in [-0.05, 0) is 37.8 Å². The molecule has 0 bridgehead atoms. The van der Waals surface area contributed by atoms with E-state index in [1.54, 1.807) is 7.11 Å². The first kappa shape index (κ1) is 17.7. The lowest BCUT2D eigenvalue weighted by Crippen LogP contribution is -2.27. The molecule has 1 aromatic rings. The Morgan fingerprint density at radius 3 is 2.64 bits per heavy atom. The number of carbonyl (C=O) groups is 1. The van der Waals surface area contributed by atoms with Crippen molar-refractivity contribution in [1.82, 2.24) is 0 Å². The monoisotopic (exact) mass is 360 g/mol. The summed E-state index contributed by atoms with van der Waals surface area (Å²) in [7, 11) is 1.54. The minimum atomic E-state index is -0.480. The molecule has 1 aromatic carbocycles. The number of benzene rings is 1. The normalized spacial score (nSPS) is 21.2. The second-order valence-corrected chi connectivity index (χ2v) is 7.12. The molecule has 22 heavy (non-hydrogen) atoms. The van der Waals surface area contributed by atoms with Gasteiger partial charge in [-0.15, -0.1) is 0 Å². The first-order valence-electron chi connectivity index (χ1n) is 7.28. The van der Waals surface area contributed by atoms with Gasteiger partial charge in [0.05, 0.1) is 12.1 Å². The van der Waals surface area contributed by atoms with Crippen LogP contribution < -0.4 is 4.74 Å². The van der Waals surface area contributed by atoms with Gasteiger partial charge in [0, 0.05) is 16.0 Å². The Labute approximate surface area is 146 Å². The fourth-order valence-electron chi connectivity index (χ4n) is 3.18. The third kappa shape index (κ3) is 3.02. The Morgan fingerprint density at radius 2 is 2.09 bits per heavy atom. The van der Waals surface area contributed by atoms with Gasteiger partial charge in [0.15, 0.2) is 5.78 Å². The predicted octanol–water partition coefficient (Wildman–Crippen LogP) is 6.06. The van der Waals surface area contributed by atoms with Crippen LogP contribution in [0.1, 0.15) is 49.0 Å². The second kappa shape index (κ2) is 6.82. The lowest BCUT2D eigenvalue weighted by Gasteiger charge is -2.25. The Morgan fingerprint density at radius 1 is 1.41 bits per heavy atom. The van der Waals surface area contributed by atoms with Crippen molar-refractivity contribution in [1.29, 1.82) is 0 Å². The smallest absolute Gasteiger partial charge is 0.171 e. The Hall–Kier alpha value is -0.700. The number of rotatable bonds is 5. The molecule has 0 aliphatic heterocycles. The lowest BCUT2D eigenvalue weighted by molar-refractivity contribution is 0.0806. The number of hydrogen-bond acceptors (Lipinski definition) is 2. The van der Waals surface area contributed by atoms with Gasteiger partial charge in [-0.1, -0.05) is 54.2 Å². The first-order chi connectivity index (χ1) is 10.4. The quantitative estimate of drug-likeness (QED) is 0.637. The van der Waals surface area contributed by atoms with Gasteiger partial charge in [-0.25, -0.2) is 0 Å². The van der Waals surface area contributed by atoms with Crippen molar-refractivity contribution in [2.24, 2.45) is 5.41 Å². The van der Waals surface area contributed by atoms with Gasteiger partial charge in [0.2, 0.25) is 0 Å². The lowest BCUT2D eigenvalue weighted by atomic mass is 9.76. The standard InChI is InChI=1S/C17H19Cl3O2/c1-4-6-17(7-5-10(2)18)9-11-8-12(22-3)14(19)15(20)13(11)16(17)21/h5,8H,4,6-7,9H2,1-3H3/b10-5-. The van der Waals surface area contributed by atoms with E-state index in [0.717, 1.165) is 18.4 Å². The van der Waals surface area contributed by atoms with Crippen molar-refractivity contribution in [3.8, 4) is 5.75 Å². The number of ketones is 1. The molecule has 1 aliphatic carbocycles. The summed E-state index contributed by atoms with van der Waals surface area (Å²) in [6, 6.07) is 1.83. The summed E-state index contributed by atoms with van der Waals surface area (Å²) < 4.78 is 5.25. The molecule has 1 atom stereocenters. The Kier molecular flexibility index (Phi) is 5.47. The van der Waals surface area contributed by atoms with E-state index in [1.807, 2.05) is 19.1 Å². The highest BCUT2D eigenvalue weighted by molar-refractivity contribution is 6.45. The Balaban J connectivity index is 2.53. The molecule has 0 heterocycles. The summed E-state index contributed by atoms with van der Waals surface area (Å²) in [6.07, 6.45) is 4.87. The second-order valence-electron chi connectivity index (χ2n) is 5.77. The molecule has 0 radical (unpaired) electrons. The predicted molar refractivity (Wildman–Crippen MR) is 92.6 cm³/mol. The van der Waals surface area contributed by atoms with Crippen LogP contribution in [0.4, 0.5) is 0 Å². The Bertz CT molecular complexity index is 633. The van der Waals surface area contributed by atoms with E-state index in [2.05, 4.69) is 6.92 Å². The largest absolute Gasteiger partial charge is 0.495 e. The molecule has 0 spiro atoms. The number of carbonyl (C=O) groups excluding carboxylic acids is 1. The van der Waals surface area contributed by atoms with E-state index in [9.17, 15) is 4.79 Å². The van der Waals surface area contributed by atoms with Crippen molar-refractivity contribution >= 4 is 40.6 Å². The van der Waals surface area contributed by atoms with Crippen LogP contribution >= 0.6 is 34.8 Å². The topological polar surface area (TPSA) is 26.3 Å². The molecular weight excluding hydrogens is 343 g/mol. The number of hydrogen-bond donors (Lipinski definition) is 0. The summed E-state index contributed by atoms with van der Waals surface area (Å²) in [5.74, 6) is 0.572. The first-order valence-corrected chi connectivity index (χ1v) is 8.41. The van der Waals surface area contributed by atoms with Crippen LogP contribution in [0.5, 0.6) is 5.75 Å². The van der Waals surface area contributed by atoms with E-state index in [1.165, 1.54) is 0 Å². The van der Waals surface area contributed by atoms with E-state index >= 15 is 0 Å². The van der Waals surface area contributed by atoms with Gasteiger partial charge < -0.3 is 4.74 Å². The number of allylic oxidation sites excluding steroid dienone is 2. The van der Waals surface area contributed by atoms with Crippen LogP contribution in [0.15, 0.2) is 17.2 Å². The van der Waals surface area contributed by atoms with Crippen LogP contribution in [0.25, 0.3) is 0 Å².